The lowest BCUT2D eigenvalue weighted by molar-refractivity contribution is -0.121. The molecule has 1 N–H and O–H groups in total. The first-order valence-corrected chi connectivity index (χ1v) is 10.5. The maximum Gasteiger partial charge on any atom is 0.239 e. The highest BCUT2D eigenvalue weighted by molar-refractivity contribution is 7.14. The van der Waals surface area contributed by atoms with Gasteiger partial charge in [-0.15, -0.1) is 11.3 Å². The summed E-state index contributed by atoms with van der Waals surface area (Å²) in [5, 5.41) is 3.88. The first kappa shape index (κ1) is 19.7. The third kappa shape index (κ3) is 4.83. The molecule has 0 fully saturated rings. The van der Waals surface area contributed by atoms with Crippen molar-refractivity contribution in [2.75, 3.05) is 18.5 Å². The lowest BCUT2D eigenvalue weighted by Crippen LogP contribution is -2.45. The summed E-state index contributed by atoms with van der Waals surface area (Å²) in [5.41, 5.74) is 2.04. The van der Waals surface area contributed by atoms with Crippen LogP contribution in [0.1, 0.15) is 56.7 Å². The van der Waals surface area contributed by atoms with Crippen LogP contribution >= 0.6 is 11.3 Å². The number of anilines is 1. The molecule has 6 nitrogen and oxygen atoms in total. The lowest BCUT2D eigenvalue weighted by atomic mass is 10.1. The predicted molar refractivity (Wildman–Crippen MR) is 110 cm³/mol. The minimum absolute atomic E-state index is 0.00334. The molecule has 0 saturated heterocycles. The van der Waals surface area contributed by atoms with Crippen molar-refractivity contribution in [1.29, 1.82) is 0 Å². The van der Waals surface area contributed by atoms with Crippen LogP contribution in [0.3, 0.4) is 0 Å². The number of hydrogen-bond acceptors (Lipinski definition) is 6. The molecule has 1 aliphatic rings. The Balaban J connectivity index is 1.88. The van der Waals surface area contributed by atoms with Crippen LogP contribution in [0.25, 0.3) is 10.8 Å². The molecule has 1 amide bonds. The second kappa shape index (κ2) is 7.92. The van der Waals surface area contributed by atoms with Crippen molar-refractivity contribution in [3.8, 4) is 10.8 Å². The number of carbonyl (C=O) groups is 1. The van der Waals surface area contributed by atoms with Gasteiger partial charge in [0.25, 0.3) is 0 Å². The summed E-state index contributed by atoms with van der Waals surface area (Å²) in [6.07, 6.45) is 7.08. The van der Waals surface area contributed by atoms with Crippen LogP contribution in [0.4, 0.5) is 5.82 Å². The van der Waals surface area contributed by atoms with Crippen LogP contribution in [0, 0.1) is 0 Å². The standard InChI is InChI=1S/C20H29N5OS/c1-6-8-13-11-21-19(27-13)17-22-15-10-7-9-14(15)18(23-17)25(5)12-16(26)24-20(2,3)4/h11H,6-10,12H2,1-5H3,(H,24,26). The van der Waals surface area contributed by atoms with Crippen molar-refractivity contribution in [2.45, 2.75) is 65.3 Å². The molecule has 0 bridgehead atoms. The van der Waals surface area contributed by atoms with Gasteiger partial charge in [-0.1, -0.05) is 13.3 Å². The number of aromatic nitrogens is 3. The van der Waals surface area contributed by atoms with Crippen LogP contribution in [0.2, 0.25) is 0 Å². The van der Waals surface area contributed by atoms with Crippen LogP contribution in [0.15, 0.2) is 6.20 Å². The molecule has 0 unspecified atom stereocenters. The summed E-state index contributed by atoms with van der Waals surface area (Å²) in [5.74, 6) is 1.54. The average Bonchev–Trinajstić information content (AvgIpc) is 3.20. The van der Waals surface area contributed by atoms with Gasteiger partial charge >= 0.3 is 0 Å². The summed E-state index contributed by atoms with van der Waals surface area (Å²) in [7, 11) is 1.93. The quantitative estimate of drug-likeness (QED) is 0.823. The van der Waals surface area contributed by atoms with E-state index in [2.05, 4.69) is 17.2 Å². The molecular weight excluding hydrogens is 358 g/mol. The predicted octanol–water partition coefficient (Wildman–Crippen LogP) is 3.39. The van der Waals surface area contributed by atoms with Crippen LogP contribution in [-0.4, -0.2) is 40.0 Å². The number of amides is 1. The molecule has 27 heavy (non-hydrogen) atoms. The fraction of sp³-hybridized carbons (Fsp3) is 0.600. The second-order valence-corrected chi connectivity index (χ2v) is 9.30. The zero-order valence-electron chi connectivity index (χ0n) is 16.9. The number of hydrogen-bond donors (Lipinski definition) is 1. The number of rotatable bonds is 6. The minimum Gasteiger partial charge on any atom is -0.350 e. The van der Waals surface area contributed by atoms with Gasteiger partial charge in [-0.25, -0.2) is 15.0 Å². The Labute approximate surface area is 165 Å². The third-order valence-corrected chi connectivity index (χ3v) is 5.46. The van der Waals surface area contributed by atoms with E-state index in [-0.39, 0.29) is 18.0 Å². The normalized spacial score (nSPS) is 13.5. The highest BCUT2D eigenvalue weighted by Gasteiger charge is 2.24. The SMILES string of the molecule is CCCc1cnc(-c2nc3c(c(N(C)CC(=O)NC(C)(C)C)n2)CCC3)s1. The maximum atomic E-state index is 12.4. The maximum absolute atomic E-state index is 12.4. The summed E-state index contributed by atoms with van der Waals surface area (Å²) in [6.45, 7) is 8.41. The van der Waals surface area contributed by atoms with Crippen LogP contribution in [-0.2, 0) is 24.1 Å². The van der Waals surface area contributed by atoms with Gasteiger partial charge in [0.15, 0.2) is 10.8 Å². The molecule has 1 aliphatic carbocycles. The fourth-order valence-electron chi connectivity index (χ4n) is 3.34. The third-order valence-electron chi connectivity index (χ3n) is 4.41. The van der Waals surface area contributed by atoms with E-state index in [0.717, 1.165) is 48.6 Å². The summed E-state index contributed by atoms with van der Waals surface area (Å²) < 4.78 is 0. The zero-order valence-corrected chi connectivity index (χ0v) is 17.7. The molecule has 0 aliphatic heterocycles. The summed E-state index contributed by atoms with van der Waals surface area (Å²) in [6, 6.07) is 0. The van der Waals surface area contributed by atoms with Crippen molar-refractivity contribution in [3.63, 3.8) is 0 Å². The van der Waals surface area contributed by atoms with Gasteiger partial charge in [-0.05, 0) is 46.5 Å². The molecule has 2 aromatic heterocycles. The Morgan fingerprint density at radius 1 is 1.30 bits per heavy atom. The van der Waals surface area contributed by atoms with E-state index >= 15 is 0 Å². The molecule has 0 saturated carbocycles. The molecule has 0 radical (unpaired) electrons. The fourth-order valence-corrected chi connectivity index (χ4v) is 4.29. The van der Waals surface area contributed by atoms with Crippen molar-refractivity contribution in [2.24, 2.45) is 0 Å². The van der Waals surface area contributed by atoms with E-state index in [1.54, 1.807) is 11.3 Å². The largest absolute Gasteiger partial charge is 0.350 e. The van der Waals surface area contributed by atoms with E-state index in [1.807, 2.05) is 38.9 Å². The number of likely N-dealkylation sites (N-methyl/N-ethyl adjacent to an activating group) is 1. The Bertz CT molecular complexity index is 824. The minimum atomic E-state index is -0.243. The topological polar surface area (TPSA) is 71.0 Å². The highest BCUT2D eigenvalue weighted by Crippen LogP contribution is 2.32. The van der Waals surface area contributed by atoms with Crippen molar-refractivity contribution >= 4 is 23.1 Å². The Morgan fingerprint density at radius 2 is 2.07 bits per heavy atom. The van der Waals surface area contributed by atoms with Gasteiger partial charge in [0.1, 0.15) is 5.82 Å². The average molecular weight is 388 g/mol. The van der Waals surface area contributed by atoms with Crippen LogP contribution < -0.4 is 10.2 Å². The van der Waals surface area contributed by atoms with Crippen LogP contribution in [0.5, 0.6) is 0 Å². The molecule has 7 heteroatoms. The van der Waals surface area contributed by atoms with E-state index in [4.69, 9.17) is 9.97 Å². The monoisotopic (exact) mass is 387 g/mol. The van der Waals surface area contributed by atoms with Gasteiger partial charge in [0.2, 0.25) is 5.91 Å². The second-order valence-electron chi connectivity index (χ2n) is 8.19. The number of thiazole rings is 1. The Hall–Kier alpha value is -2.02. The van der Waals surface area contributed by atoms with Crippen molar-refractivity contribution < 1.29 is 4.79 Å². The lowest BCUT2D eigenvalue weighted by Gasteiger charge is -2.25. The van der Waals surface area contributed by atoms with Gasteiger partial charge in [0.05, 0.1) is 6.54 Å². The molecule has 2 heterocycles. The number of carbonyl (C=O) groups excluding carboxylic acids is 1. The summed E-state index contributed by atoms with van der Waals surface area (Å²) >= 11 is 1.66. The highest BCUT2D eigenvalue weighted by atomic mass is 32.1. The van der Waals surface area contributed by atoms with Gasteiger partial charge in [0, 0.05) is 34.9 Å². The molecule has 0 aromatic carbocycles. The van der Waals surface area contributed by atoms with E-state index < -0.39 is 0 Å². The molecular formula is C20H29N5OS. The molecule has 0 spiro atoms. The molecule has 0 atom stereocenters. The number of fused-ring (bicyclic) bond motifs is 1. The molecule has 146 valence electrons. The first-order chi connectivity index (χ1) is 12.8. The van der Waals surface area contributed by atoms with Gasteiger partial charge in [-0.2, -0.15) is 0 Å². The number of nitrogens with one attached hydrogen (secondary N) is 1. The molecule has 3 rings (SSSR count). The van der Waals surface area contributed by atoms with E-state index in [9.17, 15) is 4.79 Å². The summed E-state index contributed by atoms with van der Waals surface area (Å²) in [4.78, 5) is 29.7. The number of aryl methyl sites for hydroxylation is 2. The molecule has 2 aromatic rings. The Kier molecular flexibility index (Phi) is 5.79. The van der Waals surface area contributed by atoms with E-state index in [0.29, 0.717) is 5.82 Å². The zero-order chi connectivity index (χ0) is 19.6. The Morgan fingerprint density at radius 3 is 2.78 bits per heavy atom. The van der Waals surface area contributed by atoms with Gasteiger partial charge in [-0.3, -0.25) is 4.79 Å². The van der Waals surface area contributed by atoms with Crippen molar-refractivity contribution in [3.05, 3.63) is 22.3 Å². The number of nitrogens with zero attached hydrogens (tertiary/aromatic N) is 4. The van der Waals surface area contributed by atoms with E-state index in [1.165, 1.54) is 10.4 Å². The smallest absolute Gasteiger partial charge is 0.239 e. The van der Waals surface area contributed by atoms with Gasteiger partial charge < -0.3 is 10.2 Å². The first-order valence-electron chi connectivity index (χ1n) is 9.64. The van der Waals surface area contributed by atoms with Crippen molar-refractivity contribution in [1.82, 2.24) is 20.3 Å².